The molecule has 0 fully saturated rings. The van der Waals surface area contributed by atoms with Gasteiger partial charge >= 0.3 is 5.97 Å². The van der Waals surface area contributed by atoms with E-state index in [9.17, 15) is 9.59 Å². The van der Waals surface area contributed by atoms with Gasteiger partial charge in [0.1, 0.15) is 0 Å². The molecule has 0 bridgehead atoms. The van der Waals surface area contributed by atoms with Crippen molar-refractivity contribution in [1.29, 1.82) is 0 Å². The second-order valence-corrected chi connectivity index (χ2v) is 5.42. The van der Waals surface area contributed by atoms with E-state index >= 15 is 0 Å². The lowest BCUT2D eigenvalue weighted by molar-refractivity contribution is -0.120. The second-order valence-electron chi connectivity index (χ2n) is 5.42. The summed E-state index contributed by atoms with van der Waals surface area (Å²) in [4.78, 5) is 23.5. The summed E-state index contributed by atoms with van der Waals surface area (Å²) < 4.78 is 5.04. The number of hydrogen-bond donors (Lipinski definition) is 2. The predicted molar refractivity (Wildman–Crippen MR) is 86.1 cm³/mol. The molecule has 5 nitrogen and oxygen atoms in total. The van der Waals surface area contributed by atoms with Crippen molar-refractivity contribution < 1.29 is 19.4 Å². The van der Waals surface area contributed by atoms with Crippen LogP contribution in [0.4, 0.5) is 5.69 Å². The zero-order chi connectivity index (χ0) is 16.5. The molecular formula is C17H25NO4. The molecule has 0 radical (unpaired) electrons. The zero-order valence-electron chi connectivity index (χ0n) is 13.5. The van der Waals surface area contributed by atoms with Crippen LogP contribution in [-0.2, 0) is 16.1 Å². The predicted octanol–water partition coefficient (Wildman–Crippen LogP) is 3.69. The number of ether oxygens (including phenoxy) is 1. The Kier molecular flexibility index (Phi) is 7.60. The Morgan fingerprint density at radius 3 is 2.32 bits per heavy atom. The molecule has 0 aromatic heterocycles. The fraction of sp³-hybridized carbons (Fsp3) is 0.529. The van der Waals surface area contributed by atoms with Gasteiger partial charge in [-0.1, -0.05) is 26.7 Å². The summed E-state index contributed by atoms with van der Waals surface area (Å²) in [7, 11) is 1.55. The van der Waals surface area contributed by atoms with E-state index in [2.05, 4.69) is 19.2 Å². The van der Waals surface area contributed by atoms with Gasteiger partial charge in [-0.2, -0.15) is 0 Å². The van der Waals surface area contributed by atoms with Gasteiger partial charge < -0.3 is 15.2 Å². The van der Waals surface area contributed by atoms with E-state index in [4.69, 9.17) is 9.84 Å². The molecule has 5 heteroatoms. The minimum Gasteiger partial charge on any atom is -0.478 e. The number of carbonyl (C=O) groups is 2. The lowest BCUT2D eigenvalue weighted by atomic mass is 9.97. The van der Waals surface area contributed by atoms with E-state index in [1.807, 2.05) is 0 Å². The first-order chi connectivity index (χ1) is 10.5. The molecule has 0 heterocycles. The van der Waals surface area contributed by atoms with Gasteiger partial charge in [-0.25, -0.2) is 4.79 Å². The first kappa shape index (κ1) is 18.2. The number of aromatic carboxylic acids is 1. The van der Waals surface area contributed by atoms with Gasteiger partial charge in [0.05, 0.1) is 12.2 Å². The molecule has 0 saturated heterocycles. The maximum absolute atomic E-state index is 12.4. The van der Waals surface area contributed by atoms with Crippen molar-refractivity contribution in [1.82, 2.24) is 0 Å². The van der Waals surface area contributed by atoms with Gasteiger partial charge in [0.15, 0.2) is 0 Å². The second kappa shape index (κ2) is 9.20. The van der Waals surface area contributed by atoms with E-state index in [0.717, 1.165) is 31.2 Å². The Labute approximate surface area is 131 Å². The quantitative estimate of drug-likeness (QED) is 0.729. The lowest BCUT2D eigenvalue weighted by Crippen LogP contribution is -2.23. The molecule has 0 aliphatic rings. The number of anilines is 1. The molecular weight excluding hydrogens is 282 g/mol. The summed E-state index contributed by atoms with van der Waals surface area (Å²) in [5.74, 6) is -1.10. The number of rotatable bonds is 9. The lowest BCUT2D eigenvalue weighted by Gasteiger charge is -2.16. The molecule has 0 aliphatic carbocycles. The van der Waals surface area contributed by atoms with Crippen LogP contribution in [0.25, 0.3) is 0 Å². The third-order valence-electron chi connectivity index (χ3n) is 3.46. The number of carboxylic acids is 1. The number of hydrogen-bond acceptors (Lipinski definition) is 3. The number of methoxy groups -OCH3 is 1. The summed E-state index contributed by atoms with van der Waals surface area (Å²) in [6.07, 6.45) is 3.57. The average molecular weight is 307 g/mol. The van der Waals surface area contributed by atoms with E-state index in [1.165, 1.54) is 6.07 Å². The van der Waals surface area contributed by atoms with Crippen molar-refractivity contribution in [3.8, 4) is 0 Å². The SMILES string of the molecule is CCCC(CCC)C(=O)Nc1cc(COC)cc(C(=O)O)c1. The summed E-state index contributed by atoms with van der Waals surface area (Å²) in [6.45, 7) is 4.41. The van der Waals surface area contributed by atoms with Crippen molar-refractivity contribution in [3.05, 3.63) is 29.3 Å². The van der Waals surface area contributed by atoms with Crippen LogP contribution >= 0.6 is 0 Å². The van der Waals surface area contributed by atoms with Crippen LogP contribution in [0.1, 0.15) is 55.5 Å². The molecule has 122 valence electrons. The fourth-order valence-corrected chi connectivity index (χ4v) is 2.49. The molecule has 0 unspecified atom stereocenters. The van der Waals surface area contributed by atoms with Gasteiger partial charge in [0.2, 0.25) is 5.91 Å². The molecule has 0 atom stereocenters. The third kappa shape index (κ3) is 5.48. The smallest absolute Gasteiger partial charge is 0.335 e. The fourth-order valence-electron chi connectivity index (χ4n) is 2.49. The maximum atomic E-state index is 12.4. The highest BCUT2D eigenvalue weighted by molar-refractivity contribution is 5.95. The molecule has 0 aliphatic heterocycles. The maximum Gasteiger partial charge on any atom is 0.335 e. The van der Waals surface area contributed by atoms with Crippen LogP contribution in [0.5, 0.6) is 0 Å². The van der Waals surface area contributed by atoms with Gasteiger partial charge in [-0.15, -0.1) is 0 Å². The van der Waals surface area contributed by atoms with Crippen LogP contribution in [0, 0.1) is 5.92 Å². The van der Waals surface area contributed by atoms with Crippen molar-refractivity contribution >= 4 is 17.6 Å². The van der Waals surface area contributed by atoms with Crippen LogP contribution in [0.15, 0.2) is 18.2 Å². The van der Waals surface area contributed by atoms with E-state index in [1.54, 1.807) is 19.2 Å². The average Bonchev–Trinajstić information content (AvgIpc) is 2.47. The highest BCUT2D eigenvalue weighted by atomic mass is 16.5. The van der Waals surface area contributed by atoms with Crippen LogP contribution in [0.2, 0.25) is 0 Å². The molecule has 0 saturated carbocycles. The third-order valence-corrected chi connectivity index (χ3v) is 3.46. The molecule has 22 heavy (non-hydrogen) atoms. The highest BCUT2D eigenvalue weighted by Crippen LogP contribution is 2.20. The van der Waals surface area contributed by atoms with Crippen molar-refractivity contribution in [2.45, 2.75) is 46.1 Å². The normalized spacial score (nSPS) is 10.7. The number of benzene rings is 1. The minimum absolute atomic E-state index is 0.0330. The Balaban J connectivity index is 2.94. The van der Waals surface area contributed by atoms with E-state index in [0.29, 0.717) is 12.3 Å². The van der Waals surface area contributed by atoms with Crippen molar-refractivity contribution in [2.75, 3.05) is 12.4 Å². The number of nitrogens with one attached hydrogen (secondary N) is 1. The first-order valence-electron chi connectivity index (χ1n) is 7.68. The van der Waals surface area contributed by atoms with Gasteiger partial charge in [0.25, 0.3) is 0 Å². The Morgan fingerprint density at radius 2 is 1.82 bits per heavy atom. The first-order valence-corrected chi connectivity index (χ1v) is 7.68. The summed E-state index contributed by atoms with van der Waals surface area (Å²) in [5.41, 5.74) is 1.38. The highest BCUT2D eigenvalue weighted by Gasteiger charge is 2.17. The largest absolute Gasteiger partial charge is 0.478 e. The van der Waals surface area contributed by atoms with Gasteiger partial charge in [-0.3, -0.25) is 4.79 Å². The summed E-state index contributed by atoms with van der Waals surface area (Å²) in [6, 6.07) is 4.79. The Bertz CT molecular complexity index is 507. The zero-order valence-corrected chi connectivity index (χ0v) is 13.5. The molecule has 1 rings (SSSR count). The van der Waals surface area contributed by atoms with Gasteiger partial charge in [0, 0.05) is 18.7 Å². The van der Waals surface area contributed by atoms with Crippen molar-refractivity contribution in [2.24, 2.45) is 5.92 Å². The molecule has 1 aromatic carbocycles. The number of amides is 1. The topological polar surface area (TPSA) is 75.6 Å². The number of carboxylic acid groups (broad SMARTS) is 1. The molecule has 0 spiro atoms. The summed E-state index contributed by atoms with van der Waals surface area (Å²) in [5, 5.41) is 12.0. The van der Waals surface area contributed by atoms with Crippen LogP contribution in [-0.4, -0.2) is 24.1 Å². The number of carbonyl (C=O) groups excluding carboxylic acids is 1. The summed E-state index contributed by atoms with van der Waals surface area (Å²) >= 11 is 0. The van der Waals surface area contributed by atoms with E-state index < -0.39 is 5.97 Å². The van der Waals surface area contributed by atoms with Gasteiger partial charge in [-0.05, 0) is 36.6 Å². The molecule has 1 amide bonds. The Morgan fingerprint density at radius 1 is 1.18 bits per heavy atom. The Hall–Kier alpha value is -1.88. The van der Waals surface area contributed by atoms with Crippen molar-refractivity contribution in [3.63, 3.8) is 0 Å². The molecule has 2 N–H and O–H groups in total. The van der Waals surface area contributed by atoms with Crippen LogP contribution < -0.4 is 5.32 Å². The minimum atomic E-state index is -1.02. The van der Waals surface area contributed by atoms with E-state index in [-0.39, 0.29) is 17.4 Å². The van der Waals surface area contributed by atoms with Crippen LogP contribution in [0.3, 0.4) is 0 Å². The molecule has 1 aromatic rings. The monoisotopic (exact) mass is 307 g/mol. The standard InChI is InChI=1S/C17H25NO4/c1-4-6-13(7-5-2)16(19)18-15-9-12(11-22-3)8-14(10-15)17(20)21/h8-10,13H,4-7,11H2,1-3H3,(H,18,19)(H,20,21).